The Morgan fingerprint density at radius 3 is 2.63 bits per heavy atom. The van der Waals surface area contributed by atoms with Crippen molar-refractivity contribution in [1.82, 2.24) is 10.5 Å². The molecule has 0 aliphatic heterocycles. The lowest BCUT2D eigenvalue weighted by atomic mass is 10.2. The van der Waals surface area contributed by atoms with E-state index in [1.54, 1.807) is 13.0 Å². The molecule has 0 spiro atoms. The van der Waals surface area contributed by atoms with E-state index in [1.807, 2.05) is 6.07 Å². The van der Waals surface area contributed by atoms with Crippen LogP contribution in [0.4, 0.5) is 11.5 Å². The molecule has 27 heavy (non-hydrogen) atoms. The number of hydrogen-bond acceptors (Lipinski definition) is 6. The summed E-state index contributed by atoms with van der Waals surface area (Å²) in [6.45, 7) is 8.08. The molecule has 0 aliphatic carbocycles. The van der Waals surface area contributed by atoms with Crippen molar-refractivity contribution < 1.29 is 14.1 Å². The van der Waals surface area contributed by atoms with E-state index in [0.717, 1.165) is 18.8 Å². The van der Waals surface area contributed by atoms with Crippen LogP contribution in [-0.2, 0) is 9.59 Å². The molecule has 0 unspecified atom stereocenters. The SMILES string of the molecule is CCN(CCNC(=O)CSCC(=O)Nc1cc(C)on1)c1cccc(C)c1. The summed E-state index contributed by atoms with van der Waals surface area (Å²) in [6, 6.07) is 9.95. The van der Waals surface area contributed by atoms with E-state index in [2.05, 4.69) is 52.7 Å². The van der Waals surface area contributed by atoms with E-state index in [1.165, 1.54) is 17.3 Å². The second-order valence-electron chi connectivity index (χ2n) is 6.13. The molecule has 1 aromatic carbocycles. The highest BCUT2D eigenvalue weighted by atomic mass is 32.2. The molecular formula is C19H26N4O3S. The van der Waals surface area contributed by atoms with Crippen molar-refractivity contribution in [2.75, 3.05) is 41.4 Å². The van der Waals surface area contributed by atoms with Gasteiger partial charge < -0.3 is 20.1 Å². The van der Waals surface area contributed by atoms with Crippen LogP contribution >= 0.6 is 11.8 Å². The summed E-state index contributed by atoms with van der Waals surface area (Å²) in [7, 11) is 0. The molecule has 0 fully saturated rings. The molecule has 0 saturated carbocycles. The van der Waals surface area contributed by atoms with Crippen LogP contribution in [0.2, 0.25) is 0 Å². The number of thioether (sulfide) groups is 1. The summed E-state index contributed by atoms with van der Waals surface area (Å²) in [5.74, 6) is 1.15. The first-order chi connectivity index (χ1) is 13.0. The number of rotatable bonds is 10. The van der Waals surface area contributed by atoms with Gasteiger partial charge in [0.1, 0.15) is 5.76 Å². The van der Waals surface area contributed by atoms with Gasteiger partial charge in [-0.1, -0.05) is 17.3 Å². The van der Waals surface area contributed by atoms with Gasteiger partial charge in [0.05, 0.1) is 11.5 Å². The highest BCUT2D eigenvalue weighted by molar-refractivity contribution is 8.00. The molecule has 146 valence electrons. The highest BCUT2D eigenvalue weighted by Crippen LogP contribution is 2.15. The highest BCUT2D eigenvalue weighted by Gasteiger charge is 2.09. The van der Waals surface area contributed by atoms with Crippen molar-refractivity contribution in [3.05, 3.63) is 41.7 Å². The Balaban J connectivity index is 1.63. The first kappa shape index (κ1) is 20.8. The number of hydrogen-bond donors (Lipinski definition) is 2. The Labute approximate surface area is 163 Å². The summed E-state index contributed by atoms with van der Waals surface area (Å²) in [6.07, 6.45) is 0. The number of anilines is 2. The smallest absolute Gasteiger partial charge is 0.235 e. The standard InChI is InChI=1S/C19H26N4O3S/c1-4-23(16-7-5-6-14(2)10-16)9-8-20-18(24)12-27-13-19(25)21-17-11-15(3)26-22-17/h5-7,10-11H,4,8-9,12-13H2,1-3H3,(H,20,24)(H,21,22,25). The monoisotopic (exact) mass is 390 g/mol. The van der Waals surface area contributed by atoms with Crippen LogP contribution in [0.25, 0.3) is 0 Å². The lowest BCUT2D eigenvalue weighted by Crippen LogP contribution is -2.35. The fraction of sp³-hybridized carbons (Fsp3) is 0.421. The average molecular weight is 391 g/mol. The van der Waals surface area contributed by atoms with Gasteiger partial charge in [-0.2, -0.15) is 0 Å². The molecule has 2 aromatic rings. The largest absolute Gasteiger partial charge is 0.370 e. The summed E-state index contributed by atoms with van der Waals surface area (Å²) >= 11 is 1.26. The summed E-state index contributed by atoms with van der Waals surface area (Å²) < 4.78 is 4.88. The topological polar surface area (TPSA) is 87.5 Å². The predicted molar refractivity (Wildman–Crippen MR) is 109 cm³/mol. The van der Waals surface area contributed by atoms with E-state index in [0.29, 0.717) is 18.1 Å². The predicted octanol–water partition coefficient (Wildman–Crippen LogP) is 2.61. The number of amides is 2. The minimum absolute atomic E-state index is 0.0784. The third kappa shape index (κ3) is 7.34. The quantitative estimate of drug-likeness (QED) is 0.648. The molecule has 0 bridgehead atoms. The van der Waals surface area contributed by atoms with Crippen LogP contribution in [-0.4, -0.2) is 48.1 Å². The van der Waals surface area contributed by atoms with E-state index >= 15 is 0 Å². The molecule has 7 nitrogen and oxygen atoms in total. The van der Waals surface area contributed by atoms with Gasteiger partial charge in [-0.3, -0.25) is 9.59 Å². The molecule has 2 rings (SSSR count). The summed E-state index contributed by atoms with van der Waals surface area (Å²) in [5.41, 5.74) is 2.37. The van der Waals surface area contributed by atoms with Crippen molar-refractivity contribution >= 4 is 35.1 Å². The molecule has 2 N–H and O–H groups in total. The Hall–Kier alpha value is -2.48. The van der Waals surface area contributed by atoms with Crippen LogP contribution in [0, 0.1) is 13.8 Å². The Morgan fingerprint density at radius 1 is 1.19 bits per heavy atom. The van der Waals surface area contributed by atoms with Crippen LogP contribution in [0.1, 0.15) is 18.2 Å². The van der Waals surface area contributed by atoms with E-state index in [9.17, 15) is 9.59 Å². The third-order valence-corrected chi connectivity index (χ3v) is 4.75. The van der Waals surface area contributed by atoms with Gasteiger partial charge in [0.25, 0.3) is 0 Å². The lowest BCUT2D eigenvalue weighted by Gasteiger charge is -2.23. The number of benzene rings is 1. The molecule has 0 aliphatic rings. The van der Waals surface area contributed by atoms with E-state index in [4.69, 9.17) is 4.52 Å². The number of aryl methyl sites for hydroxylation is 2. The molecule has 0 saturated heterocycles. The number of nitrogens with zero attached hydrogens (tertiary/aromatic N) is 2. The van der Waals surface area contributed by atoms with Crippen LogP contribution in [0.5, 0.6) is 0 Å². The van der Waals surface area contributed by atoms with E-state index in [-0.39, 0.29) is 23.3 Å². The fourth-order valence-corrected chi connectivity index (χ4v) is 3.16. The summed E-state index contributed by atoms with van der Waals surface area (Å²) in [4.78, 5) is 25.9. The molecule has 0 radical (unpaired) electrons. The maximum atomic E-state index is 11.9. The molecular weight excluding hydrogens is 364 g/mol. The number of likely N-dealkylation sites (N-methyl/N-ethyl adjacent to an activating group) is 1. The van der Waals surface area contributed by atoms with Gasteiger partial charge >= 0.3 is 0 Å². The first-order valence-corrected chi connectivity index (χ1v) is 10.0. The maximum Gasteiger partial charge on any atom is 0.235 e. The first-order valence-electron chi connectivity index (χ1n) is 8.87. The zero-order valence-electron chi connectivity index (χ0n) is 15.9. The normalized spacial score (nSPS) is 10.5. The van der Waals surface area contributed by atoms with Crippen molar-refractivity contribution in [1.29, 1.82) is 0 Å². The van der Waals surface area contributed by atoms with Crippen LogP contribution in [0.3, 0.4) is 0 Å². The van der Waals surface area contributed by atoms with Gasteiger partial charge in [0.15, 0.2) is 5.82 Å². The maximum absolute atomic E-state index is 11.9. The number of nitrogens with one attached hydrogen (secondary N) is 2. The van der Waals surface area contributed by atoms with Gasteiger partial charge in [0, 0.05) is 31.4 Å². The van der Waals surface area contributed by atoms with Gasteiger partial charge in [-0.25, -0.2) is 0 Å². The minimum atomic E-state index is -0.210. The van der Waals surface area contributed by atoms with Gasteiger partial charge in [0.2, 0.25) is 11.8 Å². The Morgan fingerprint density at radius 2 is 1.96 bits per heavy atom. The lowest BCUT2D eigenvalue weighted by molar-refractivity contribution is -0.118. The van der Waals surface area contributed by atoms with Crippen molar-refractivity contribution in [2.24, 2.45) is 0 Å². The van der Waals surface area contributed by atoms with E-state index < -0.39 is 0 Å². The van der Waals surface area contributed by atoms with Crippen molar-refractivity contribution in [3.63, 3.8) is 0 Å². The van der Waals surface area contributed by atoms with Crippen molar-refractivity contribution in [2.45, 2.75) is 20.8 Å². The average Bonchev–Trinajstić information content (AvgIpc) is 3.03. The molecule has 1 heterocycles. The second kappa shape index (κ2) is 10.6. The third-order valence-electron chi connectivity index (χ3n) is 3.81. The Kier molecular flexibility index (Phi) is 8.19. The molecule has 2 amide bonds. The van der Waals surface area contributed by atoms with Crippen molar-refractivity contribution in [3.8, 4) is 0 Å². The fourth-order valence-electron chi connectivity index (χ4n) is 2.52. The van der Waals surface area contributed by atoms with Gasteiger partial charge in [-0.05, 0) is 38.5 Å². The summed E-state index contributed by atoms with van der Waals surface area (Å²) in [5, 5.41) is 9.21. The zero-order valence-corrected chi connectivity index (χ0v) is 16.8. The van der Waals surface area contributed by atoms with Gasteiger partial charge in [-0.15, -0.1) is 11.8 Å². The minimum Gasteiger partial charge on any atom is -0.370 e. The molecule has 1 aromatic heterocycles. The van der Waals surface area contributed by atoms with Crippen LogP contribution in [0.15, 0.2) is 34.9 Å². The molecule has 8 heteroatoms. The number of carbonyl (C=O) groups excluding carboxylic acids is 2. The molecule has 0 atom stereocenters. The zero-order chi connectivity index (χ0) is 19.6. The Bertz CT molecular complexity index is 763. The second-order valence-corrected chi connectivity index (χ2v) is 7.12. The van der Waals surface area contributed by atoms with Crippen LogP contribution < -0.4 is 15.5 Å². The number of aromatic nitrogens is 1. The number of carbonyl (C=O) groups is 2.